The normalized spacial score (nSPS) is 12.7. The highest BCUT2D eigenvalue weighted by Crippen LogP contribution is 2.04. The van der Waals surface area contributed by atoms with E-state index in [1.54, 1.807) is 6.20 Å². The van der Waals surface area contributed by atoms with E-state index in [2.05, 4.69) is 9.97 Å². The van der Waals surface area contributed by atoms with E-state index in [-0.39, 0.29) is 6.10 Å². The molecule has 0 aliphatic rings. The summed E-state index contributed by atoms with van der Waals surface area (Å²) in [4.78, 5) is 7.98. The van der Waals surface area contributed by atoms with E-state index in [0.29, 0.717) is 25.0 Å². The van der Waals surface area contributed by atoms with Gasteiger partial charge in [-0.1, -0.05) is 11.6 Å². The molecule has 0 saturated carbocycles. The largest absolute Gasteiger partial charge is 0.379 e. The van der Waals surface area contributed by atoms with Gasteiger partial charge in [0.15, 0.2) is 0 Å². The molecule has 0 saturated heterocycles. The van der Waals surface area contributed by atoms with E-state index in [1.807, 2.05) is 13.8 Å². The third-order valence-corrected chi connectivity index (χ3v) is 1.94. The Balaban J connectivity index is 2.27. The van der Waals surface area contributed by atoms with Crippen LogP contribution in [-0.2, 0) is 16.1 Å². The quantitative estimate of drug-likeness (QED) is 0.751. The molecule has 0 fully saturated rings. The molecule has 1 atom stereocenters. The van der Waals surface area contributed by atoms with Gasteiger partial charge in [0.25, 0.3) is 0 Å². The van der Waals surface area contributed by atoms with Crippen LogP contribution in [0.3, 0.4) is 0 Å². The Kier molecular flexibility index (Phi) is 5.53. The van der Waals surface area contributed by atoms with Crippen LogP contribution in [0.5, 0.6) is 0 Å². The van der Waals surface area contributed by atoms with Crippen LogP contribution in [0.2, 0.25) is 5.15 Å². The summed E-state index contributed by atoms with van der Waals surface area (Å²) >= 11 is 5.61. The first-order chi connectivity index (χ1) is 7.22. The summed E-state index contributed by atoms with van der Waals surface area (Å²) in [5.74, 6) is 0. The minimum absolute atomic E-state index is 0.0578. The van der Waals surface area contributed by atoms with Crippen molar-refractivity contribution in [2.24, 2.45) is 0 Å². The number of nitrogens with zero attached hydrogens (tertiary/aromatic N) is 2. The monoisotopic (exact) mass is 230 g/mol. The van der Waals surface area contributed by atoms with Crippen LogP contribution in [0, 0.1) is 0 Å². The number of halogens is 1. The summed E-state index contributed by atoms with van der Waals surface area (Å²) in [6, 6.07) is 0. The maximum atomic E-state index is 5.61. The Morgan fingerprint density at radius 3 is 2.80 bits per heavy atom. The molecule has 4 nitrogen and oxygen atoms in total. The van der Waals surface area contributed by atoms with E-state index in [4.69, 9.17) is 21.1 Å². The highest BCUT2D eigenvalue weighted by Gasteiger charge is 2.03. The lowest BCUT2D eigenvalue weighted by Crippen LogP contribution is -2.16. The number of hydrogen-bond acceptors (Lipinski definition) is 4. The van der Waals surface area contributed by atoms with Crippen molar-refractivity contribution in [3.8, 4) is 0 Å². The summed E-state index contributed by atoms with van der Waals surface area (Å²) < 4.78 is 10.7. The number of ether oxygens (including phenoxy) is 2. The SMILES string of the molecule is CCOCC(C)OCc1cnc(Cl)cn1. The van der Waals surface area contributed by atoms with E-state index in [0.717, 1.165) is 5.69 Å². The molecule has 0 aliphatic carbocycles. The summed E-state index contributed by atoms with van der Waals surface area (Å²) in [5.41, 5.74) is 0.766. The van der Waals surface area contributed by atoms with E-state index in [9.17, 15) is 0 Å². The molecule has 5 heteroatoms. The maximum absolute atomic E-state index is 5.61. The maximum Gasteiger partial charge on any atom is 0.147 e. The second-order valence-electron chi connectivity index (χ2n) is 3.11. The lowest BCUT2D eigenvalue weighted by atomic mass is 10.4. The van der Waals surface area contributed by atoms with Crippen molar-refractivity contribution in [3.05, 3.63) is 23.2 Å². The third-order valence-electron chi connectivity index (χ3n) is 1.75. The Morgan fingerprint density at radius 1 is 1.40 bits per heavy atom. The smallest absolute Gasteiger partial charge is 0.147 e. The molecule has 0 spiro atoms. The average Bonchev–Trinajstić information content (AvgIpc) is 2.25. The van der Waals surface area contributed by atoms with Gasteiger partial charge in [-0.25, -0.2) is 4.98 Å². The van der Waals surface area contributed by atoms with Crippen molar-refractivity contribution in [2.45, 2.75) is 26.6 Å². The Hall–Kier alpha value is -0.710. The number of hydrogen-bond donors (Lipinski definition) is 0. The standard InChI is InChI=1S/C10H15ClN2O2/c1-3-14-6-8(2)15-7-9-4-13-10(11)5-12-9/h4-5,8H,3,6-7H2,1-2H3. The fourth-order valence-corrected chi connectivity index (χ4v) is 1.07. The fraction of sp³-hybridized carbons (Fsp3) is 0.600. The first-order valence-electron chi connectivity index (χ1n) is 4.88. The van der Waals surface area contributed by atoms with E-state index in [1.165, 1.54) is 6.20 Å². The molecule has 0 radical (unpaired) electrons. The van der Waals surface area contributed by atoms with Gasteiger partial charge in [0.2, 0.25) is 0 Å². The van der Waals surface area contributed by atoms with Crippen molar-refractivity contribution in [1.29, 1.82) is 0 Å². The lowest BCUT2D eigenvalue weighted by molar-refractivity contribution is -0.0128. The molecule has 15 heavy (non-hydrogen) atoms. The highest BCUT2D eigenvalue weighted by atomic mass is 35.5. The van der Waals surface area contributed by atoms with E-state index < -0.39 is 0 Å². The number of rotatable bonds is 6. The predicted molar refractivity (Wildman–Crippen MR) is 57.8 cm³/mol. The Bertz CT molecular complexity index is 279. The van der Waals surface area contributed by atoms with Gasteiger partial charge in [0.05, 0.1) is 37.4 Å². The van der Waals surface area contributed by atoms with Crippen LogP contribution in [0.25, 0.3) is 0 Å². The zero-order valence-corrected chi connectivity index (χ0v) is 9.70. The van der Waals surface area contributed by atoms with Gasteiger partial charge in [0.1, 0.15) is 5.15 Å². The van der Waals surface area contributed by atoms with Crippen LogP contribution >= 0.6 is 11.6 Å². The first-order valence-corrected chi connectivity index (χ1v) is 5.26. The molecule has 1 heterocycles. The summed E-state index contributed by atoms with van der Waals surface area (Å²) in [6.45, 7) is 5.64. The summed E-state index contributed by atoms with van der Waals surface area (Å²) in [7, 11) is 0. The van der Waals surface area contributed by atoms with Crippen LogP contribution < -0.4 is 0 Å². The minimum Gasteiger partial charge on any atom is -0.379 e. The van der Waals surface area contributed by atoms with Gasteiger partial charge in [-0.15, -0.1) is 0 Å². The van der Waals surface area contributed by atoms with Gasteiger partial charge in [0, 0.05) is 6.61 Å². The highest BCUT2D eigenvalue weighted by molar-refractivity contribution is 6.29. The predicted octanol–water partition coefficient (Wildman–Crippen LogP) is 2.07. The molecule has 1 rings (SSSR count). The van der Waals surface area contributed by atoms with E-state index >= 15 is 0 Å². The molecule has 0 N–H and O–H groups in total. The summed E-state index contributed by atoms with van der Waals surface area (Å²) in [5, 5.41) is 0.390. The van der Waals surface area contributed by atoms with Crippen LogP contribution in [0.1, 0.15) is 19.5 Å². The Labute approximate surface area is 94.6 Å². The van der Waals surface area contributed by atoms with Crippen molar-refractivity contribution < 1.29 is 9.47 Å². The fourth-order valence-electron chi connectivity index (χ4n) is 0.973. The van der Waals surface area contributed by atoms with Gasteiger partial charge >= 0.3 is 0 Å². The molecular weight excluding hydrogens is 216 g/mol. The van der Waals surface area contributed by atoms with Gasteiger partial charge < -0.3 is 9.47 Å². The zero-order valence-electron chi connectivity index (χ0n) is 8.94. The number of aromatic nitrogens is 2. The molecule has 0 amide bonds. The average molecular weight is 231 g/mol. The molecule has 1 aromatic rings. The van der Waals surface area contributed by atoms with Gasteiger partial charge in [-0.3, -0.25) is 4.98 Å². The molecule has 84 valence electrons. The third kappa shape index (κ3) is 5.06. The first kappa shape index (κ1) is 12.4. The zero-order chi connectivity index (χ0) is 11.1. The minimum atomic E-state index is 0.0578. The van der Waals surface area contributed by atoms with Crippen molar-refractivity contribution in [1.82, 2.24) is 9.97 Å². The van der Waals surface area contributed by atoms with Crippen molar-refractivity contribution >= 4 is 11.6 Å². The van der Waals surface area contributed by atoms with Crippen LogP contribution in [-0.4, -0.2) is 29.3 Å². The Morgan fingerprint density at radius 2 is 2.20 bits per heavy atom. The van der Waals surface area contributed by atoms with Gasteiger partial charge in [-0.2, -0.15) is 0 Å². The second-order valence-corrected chi connectivity index (χ2v) is 3.50. The molecule has 0 aromatic carbocycles. The molecular formula is C10H15ClN2O2. The molecule has 0 bridgehead atoms. The summed E-state index contributed by atoms with van der Waals surface area (Å²) in [6.07, 6.45) is 3.17. The van der Waals surface area contributed by atoms with Crippen molar-refractivity contribution in [3.63, 3.8) is 0 Å². The van der Waals surface area contributed by atoms with Crippen LogP contribution in [0.15, 0.2) is 12.4 Å². The van der Waals surface area contributed by atoms with Gasteiger partial charge in [-0.05, 0) is 13.8 Å². The lowest BCUT2D eigenvalue weighted by Gasteiger charge is -2.11. The second kappa shape index (κ2) is 6.71. The molecule has 1 unspecified atom stereocenters. The molecule has 1 aromatic heterocycles. The van der Waals surface area contributed by atoms with Crippen LogP contribution in [0.4, 0.5) is 0 Å². The van der Waals surface area contributed by atoms with Crippen molar-refractivity contribution in [2.75, 3.05) is 13.2 Å². The topological polar surface area (TPSA) is 44.2 Å². The molecule has 0 aliphatic heterocycles.